The van der Waals surface area contributed by atoms with Crippen molar-refractivity contribution in [2.75, 3.05) is 0 Å². The molecular weight excluding hydrogens is 424 g/mol. The second-order valence-corrected chi connectivity index (χ2v) is 7.24. The van der Waals surface area contributed by atoms with Crippen LogP contribution in [0, 0.1) is 13.8 Å². The van der Waals surface area contributed by atoms with Crippen molar-refractivity contribution in [2.24, 2.45) is 0 Å². The summed E-state index contributed by atoms with van der Waals surface area (Å²) in [6.45, 7) is 13.8. The van der Waals surface area contributed by atoms with E-state index in [9.17, 15) is 4.79 Å². The summed E-state index contributed by atoms with van der Waals surface area (Å²) in [5, 5.41) is 0. The second kappa shape index (κ2) is 18.9. The Morgan fingerprint density at radius 1 is 0.486 bits per heavy atom. The van der Waals surface area contributed by atoms with Crippen LogP contribution in [0.25, 0.3) is 22.3 Å². The van der Waals surface area contributed by atoms with Crippen molar-refractivity contribution < 1.29 is 4.79 Å². The molecule has 0 saturated heterocycles. The van der Waals surface area contributed by atoms with E-state index in [4.69, 9.17) is 0 Å². The normalized spacial score (nSPS) is 8.66. The first-order chi connectivity index (χ1) is 16.0. The van der Waals surface area contributed by atoms with Gasteiger partial charge in [-0.3, -0.25) is 4.79 Å². The number of ketones is 1. The molecule has 4 aromatic rings. The molecule has 0 amide bonds. The van der Waals surface area contributed by atoms with Crippen molar-refractivity contribution in [3.8, 4) is 22.3 Å². The molecule has 0 atom stereocenters. The zero-order valence-electron chi connectivity index (χ0n) is 21.2. The van der Waals surface area contributed by atoms with Crippen molar-refractivity contribution in [2.45, 2.75) is 63.3 Å². The average molecular weight is 471 g/mol. The zero-order chi connectivity index (χ0) is 24.6. The summed E-state index contributed by atoms with van der Waals surface area (Å²) < 4.78 is 0. The number of hydrogen-bond acceptors (Lipinski definition) is 1. The molecule has 0 saturated carbocycles. The number of rotatable bonds is 3. The largest absolute Gasteiger partial charge is 0.295 e. The minimum absolute atomic E-state index is 0. The SMILES string of the molecule is C.C.CC.CC.CC(=O)c1ccccc1.Cc1ccc(-c2ccc(-c3cccc(C)c3)cc2)cc1. The van der Waals surface area contributed by atoms with Crippen LogP contribution in [-0.2, 0) is 0 Å². The molecule has 0 aliphatic carbocycles. The van der Waals surface area contributed by atoms with Gasteiger partial charge in [-0.15, -0.1) is 0 Å². The van der Waals surface area contributed by atoms with Crippen molar-refractivity contribution in [1.82, 2.24) is 0 Å². The van der Waals surface area contributed by atoms with Crippen LogP contribution in [0.1, 0.15) is 71.0 Å². The monoisotopic (exact) mass is 470 g/mol. The molecule has 0 heterocycles. The number of carbonyl (C=O) groups is 1. The standard InChI is InChI=1S/C20H18.C8H8O.2C2H6.2CH4/c1-15-6-8-17(9-7-15)18-10-12-19(13-11-18)20-5-3-4-16(2)14-20;1-7(9)8-5-3-2-4-6-8;2*1-2;;/h3-14H,1-2H3;2-6H,1H3;2*1-2H3;2*1H4. The molecule has 0 radical (unpaired) electrons. The summed E-state index contributed by atoms with van der Waals surface area (Å²) in [5.74, 6) is 0.121. The molecule has 1 heteroatoms. The lowest BCUT2D eigenvalue weighted by Crippen LogP contribution is -1.88. The Morgan fingerprint density at radius 2 is 0.914 bits per heavy atom. The van der Waals surface area contributed by atoms with E-state index in [0.29, 0.717) is 0 Å². The van der Waals surface area contributed by atoms with E-state index in [1.165, 1.54) is 33.4 Å². The molecule has 1 nitrogen and oxygen atoms in total. The van der Waals surface area contributed by atoms with Gasteiger partial charge in [0.25, 0.3) is 0 Å². The minimum atomic E-state index is 0. The molecular formula is C34H46O. The third-order valence-corrected chi connectivity index (χ3v) is 4.80. The van der Waals surface area contributed by atoms with Crippen LogP contribution in [0.5, 0.6) is 0 Å². The Bertz CT molecular complexity index is 1060. The number of hydrogen-bond donors (Lipinski definition) is 0. The van der Waals surface area contributed by atoms with Gasteiger partial charge in [0.15, 0.2) is 5.78 Å². The van der Waals surface area contributed by atoms with Crippen LogP contribution in [0.15, 0.2) is 103 Å². The lowest BCUT2D eigenvalue weighted by Gasteiger charge is -2.06. The van der Waals surface area contributed by atoms with Crippen LogP contribution >= 0.6 is 0 Å². The first-order valence-electron chi connectivity index (χ1n) is 11.8. The van der Waals surface area contributed by atoms with Crippen molar-refractivity contribution in [1.29, 1.82) is 0 Å². The Labute approximate surface area is 215 Å². The summed E-state index contributed by atoms with van der Waals surface area (Å²) in [6.07, 6.45) is 0. The fourth-order valence-corrected chi connectivity index (χ4v) is 3.10. The predicted molar refractivity (Wildman–Crippen MR) is 159 cm³/mol. The summed E-state index contributed by atoms with van der Waals surface area (Å²) in [4.78, 5) is 10.6. The van der Waals surface area contributed by atoms with Gasteiger partial charge in [-0.2, -0.15) is 0 Å². The molecule has 188 valence electrons. The van der Waals surface area contributed by atoms with Gasteiger partial charge in [0.1, 0.15) is 0 Å². The smallest absolute Gasteiger partial charge is 0.159 e. The summed E-state index contributed by atoms with van der Waals surface area (Å²) in [6, 6.07) is 35.3. The maximum Gasteiger partial charge on any atom is 0.159 e. The molecule has 0 N–H and O–H groups in total. The number of carbonyl (C=O) groups excluding carboxylic acids is 1. The molecule has 0 unspecified atom stereocenters. The van der Waals surface area contributed by atoms with E-state index in [1.54, 1.807) is 6.92 Å². The Kier molecular flexibility index (Phi) is 18.2. The summed E-state index contributed by atoms with van der Waals surface area (Å²) in [7, 11) is 0. The van der Waals surface area contributed by atoms with Gasteiger partial charge in [0, 0.05) is 5.56 Å². The molecule has 4 rings (SSSR count). The van der Waals surface area contributed by atoms with Crippen molar-refractivity contribution in [3.05, 3.63) is 120 Å². The van der Waals surface area contributed by atoms with Gasteiger partial charge in [0.05, 0.1) is 0 Å². The third-order valence-electron chi connectivity index (χ3n) is 4.80. The lowest BCUT2D eigenvalue weighted by atomic mass is 9.99. The lowest BCUT2D eigenvalue weighted by molar-refractivity contribution is 0.101. The molecule has 35 heavy (non-hydrogen) atoms. The second-order valence-electron chi connectivity index (χ2n) is 7.24. The van der Waals surface area contributed by atoms with Gasteiger partial charge < -0.3 is 0 Å². The van der Waals surface area contributed by atoms with Crippen LogP contribution in [0.3, 0.4) is 0 Å². The summed E-state index contributed by atoms with van der Waals surface area (Å²) >= 11 is 0. The molecule has 0 aromatic heterocycles. The van der Waals surface area contributed by atoms with E-state index in [0.717, 1.165) is 5.56 Å². The van der Waals surface area contributed by atoms with Crippen LogP contribution in [-0.4, -0.2) is 5.78 Å². The Hall–Kier alpha value is -3.45. The quantitative estimate of drug-likeness (QED) is 0.272. The molecule has 0 spiro atoms. The van der Waals surface area contributed by atoms with Gasteiger partial charge in [0.2, 0.25) is 0 Å². The number of benzene rings is 4. The fraction of sp³-hybridized carbons (Fsp3) is 0.265. The van der Waals surface area contributed by atoms with E-state index < -0.39 is 0 Å². The maximum absolute atomic E-state index is 10.6. The van der Waals surface area contributed by atoms with Gasteiger partial charge in [-0.1, -0.05) is 157 Å². The highest BCUT2D eigenvalue weighted by atomic mass is 16.1. The maximum atomic E-state index is 10.6. The minimum Gasteiger partial charge on any atom is -0.295 e. The highest BCUT2D eigenvalue weighted by Crippen LogP contribution is 2.25. The van der Waals surface area contributed by atoms with Gasteiger partial charge in [-0.25, -0.2) is 0 Å². The fourth-order valence-electron chi connectivity index (χ4n) is 3.10. The van der Waals surface area contributed by atoms with Crippen LogP contribution in [0.4, 0.5) is 0 Å². The topological polar surface area (TPSA) is 17.1 Å². The molecule has 0 bridgehead atoms. The van der Waals surface area contributed by atoms with E-state index in [-0.39, 0.29) is 20.6 Å². The average Bonchev–Trinajstić information content (AvgIpc) is 2.88. The Morgan fingerprint density at radius 3 is 1.31 bits per heavy atom. The molecule has 0 aliphatic rings. The molecule has 4 aromatic carbocycles. The number of aryl methyl sites for hydroxylation is 2. The Balaban J connectivity index is 0. The van der Waals surface area contributed by atoms with Crippen LogP contribution < -0.4 is 0 Å². The van der Waals surface area contributed by atoms with Crippen LogP contribution in [0.2, 0.25) is 0 Å². The molecule has 0 aliphatic heterocycles. The van der Waals surface area contributed by atoms with Crippen molar-refractivity contribution >= 4 is 5.78 Å². The highest BCUT2D eigenvalue weighted by molar-refractivity contribution is 5.93. The van der Waals surface area contributed by atoms with E-state index in [1.807, 2.05) is 58.0 Å². The van der Waals surface area contributed by atoms with E-state index >= 15 is 0 Å². The first kappa shape index (κ1) is 33.7. The van der Waals surface area contributed by atoms with Gasteiger partial charge >= 0.3 is 0 Å². The zero-order valence-corrected chi connectivity index (χ0v) is 21.2. The van der Waals surface area contributed by atoms with E-state index in [2.05, 4.69) is 86.6 Å². The summed E-state index contributed by atoms with van der Waals surface area (Å²) in [5.41, 5.74) is 8.45. The molecule has 0 fully saturated rings. The highest BCUT2D eigenvalue weighted by Gasteiger charge is 2.00. The predicted octanol–water partition coefficient (Wildman–Crippen LogP) is 10.9. The number of Topliss-reactive ketones (excluding diaryl/α,β-unsaturated/α-hetero) is 1. The van der Waals surface area contributed by atoms with Crippen molar-refractivity contribution in [3.63, 3.8) is 0 Å². The van der Waals surface area contributed by atoms with Gasteiger partial charge in [-0.05, 0) is 43.0 Å². The first-order valence-corrected chi connectivity index (χ1v) is 11.8. The third kappa shape index (κ3) is 11.5.